The quantitative estimate of drug-likeness (QED) is 0.773. The van der Waals surface area contributed by atoms with Crippen molar-refractivity contribution in [1.29, 1.82) is 0 Å². The normalized spacial score (nSPS) is 10.2. The van der Waals surface area contributed by atoms with Gasteiger partial charge >= 0.3 is 0 Å². The molecule has 0 bridgehead atoms. The minimum absolute atomic E-state index is 0.0547. The number of ether oxygens (including phenoxy) is 1. The fraction of sp³-hybridized carbons (Fsp3) is 0.538. The molecule has 0 saturated heterocycles. The molecule has 0 aliphatic carbocycles. The Morgan fingerprint density at radius 1 is 1.44 bits per heavy atom. The van der Waals surface area contributed by atoms with E-state index in [0.717, 1.165) is 6.54 Å². The molecule has 1 rings (SSSR count). The van der Waals surface area contributed by atoms with Gasteiger partial charge in [0.05, 0.1) is 7.11 Å². The molecule has 2 N–H and O–H groups in total. The van der Waals surface area contributed by atoms with Gasteiger partial charge in [-0.15, -0.1) is 0 Å². The van der Waals surface area contributed by atoms with E-state index >= 15 is 0 Å². The van der Waals surface area contributed by atoms with Crippen molar-refractivity contribution < 1.29 is 9.53 Å². The second-order valence-corrected chi connectivity index (χ2v) is 4.44. The zero-order valence-electron chi connectivity index (χ0n) is 11.2. The average molecular weight is 251 g/mol. The van der Waals surface area contributed by atoms with Crippen LogP contribution in [0.1, 0.15) is 20.3 Å². The second kappa shape index (κ2) is 7.53. The molecule has 18 heavy (non-hydrogen) atoms. The third-order valence-corrected chi connectivity index (χ3v) is 2.30. The number of carbonyl (C=O) groups excluding carboxylic acids is 1. The molecular weight excluding hydrogens is 230 g/mol. The Hall–Kier alpha value is -1.78. The Morgan fingerprint density at radius 3 is 2.89 bits per heavy atom. The van der Waals surface area contributed by atoms with Crippen LogP contribution in [0.5, 0.6) is 5.88 Å². The van der Waals surface area contributed by atoms with Crippen molar-refractivity contribution in [3.05, 3.63) is 18.2 Å². The van der Waals surface area contributed by atoms with E-state index in [2.05, 4.69) is 29.5 Å². The molecule has 1 aromatic heterocycles. The van der Waals surface area contributed by atoms with E-state index in [1.165, 1.54) is 0 Å². The van der Waals surface area contributed by atoms with E-state index in [4.69, 9.17) is 4.74 Å². The zero-order chi connectivity index (χ0) is 13.4. The van der Waals surface area contributed by atoms with Gasteiger partial charge < -0.3 is 15.4 Å². The van der Waals surface area contributed by atoms with Crippen LogP contribution >= 0.6 is 0 Å². The average Bonchev–Trinajstić information content (AvgIpc) is 2.36. The van der Waals surface area contributed by atoms with Gasteiger partial charge in [0, 0.05) is 25.6 Å². The van der Waals surface area contributed by atoms with Crippen molar-refractivity contribution in [1.82, 2.24) is 10.3 Å². The van der Waals surface area contributed by atoms with Gasteiger partial charge in [0.25, 0.3) is 0 Å². The summed E-state index contributed by atoms with van der Waals surface area (Å²) >= 11 is 0. The van der Waals surface area contributed by atoms with Crippen LogP contribution in [0.25, 0.3) is 0 Å². The number of methoxy groups -OCH3 is 1. The van der Waals surface area contributed by atoms with Crippen LogP contribution in [0.2, 0.25) is 0 Å². The minimum atomic E-state index is 0.0547. The molecule has 1 heterocycles. The van der Waals surface area contributed by atoms with Gasteiger partial charge in [0.1, 0.15) is 5.82 Å². The van der Waals surface area contributed by atoms with Gasteiger partial charge in [-0.05, 0) is 12.0 Å². The minimum Gasteiger partial charge on any atom is -0.481 e. The molecule has 0 fully saturated rings. The van der Waals surface area contributed by atoms with Gasteiger partial charge in [-0.3, -0.25) is 4.79 Å². The Morgan fingerprint density at radius 2 is 2.22 bits per heavy atom. The van der Waals surface area contributed by atoms with E-state index in [1.807, 2.05) is 12.1 Å². The van der Waals surface area contributed by atoms with E-state index in [0.29, 0.717) is 30.6 Å². The molecule has 0 saturated carbocycles. The number of pyridine rings is 1. The maximum Gasteiger partial charge on any atom is 0.221 e. The standard InChI is InChI=1S/C13H21N3O2/c1-10(2)9-15-12(17)7-8-14-11-5-4-6-13(16-11)18-3/h4-6,10H,7-9H2,1-3H3,(H,14,16)(H,15,17). The predicted molar refractivity (Wildman–Crippen MR) is 71.7 cm³/mol. The summed E-state index contributed by atoms with van der Waals surface area (Å²) in [6, 6.07) is 5.47. The summed E-state index contributed by atoms with van der Waals surface area (Å²) in [7, 11) is 1.57. The Bertz CT molecular complexity index is 380. The van der Waals surface area contributed by atoms with Crippen LogP contribution in [0.15, 0.2) is 18.2 Å². The predicted octanol–water partition coefficient (Wildman–Crippen LogP) is 1.66. The number of hydrogen-bond acceptors (Lipinski definition) is 4. The Kier molecular flexibility index (Phi) is 5.97. The summed E-state index contributed by atoms with van der Waals surface area (Å²) < 4.78 is 5.02. The fourth-order valence-electron chi connectivity index (χ4n) is 1.34. The number of rotatable bonds is 7. The largest absolute Gasteiger partial charge is 0.481 e. The van der Waals surface area contributed by atoms with Crippen molar-refractivity contribution in [2.75, 3.05) is 25.5 Å². The van der Waals surface area contributed by atoms with Gasteiger partial charge in [-0.1, -0.05) is 19.9 Å². The summed E-state index contributed by atoms with van der Waals surface area (Å²) in [5.41, 5.74) is 0. The van der Waals surface area contributed by atoms with E-state index in [1.54, 1.807) is 13.2 Å². The van der Waals surface area contributed by atoms with Crippen molar-refractivity contribution in [2.45, 2.75) is 20.3 Å². The molecule has 0 atom stereocenters. The third kappa shape index (κ3) is 5.52. The lowest BCUT2D eigenvalue weighted by Crippen LogP contribution is -2.28. The van der Waals surface area contributed by atoms with Gasteiger partial charge in [-0.2, -0.15) is 4.98 Å². The van der Waals surface area contributed by atoms with Crippen LogP contribution in [0.4, 0.5) is 5.82 Å². The highest BCUT2D eigenvalue weighted by Crippen LogP contribution is 2.10. The SMILES string of the molecule is COc1cccc(NCCC(=O)NCC(C)C)n1. The number of anilines is 1. The first-order valence-electron chi connectivity index (χ1n) is 6.13. The molecular formula is C13H21N3O2. The van der Waals surface area contributed by atoms with E-state index in [9.17, 15) is 4.79 Å². The van der Waals surface area contributed by atoms with Crippen molar-refractivity contribution >= 4 is 11.7 Å². The van der Waals surface area contributed by atoms with Gasteiger partial charge in [0.2, 0.25) is 11.8 Å². The van der Waals surface area contributed by atoms with Crippen LogP contribution in [0.3, 0.4) is 0 Å². The summed E-state index contributed by atoms with van der Waals surface area (Å²) in [6.45, 7) is 5.41. The molecule has 0 radical (unpaired) electrons. The van der Waals surface area contributed by atoms with Gasteiger partial charge in [-0.25, -0.2) is 0 Å². The first-order valence-corrected chi connectivity index (χ1v) is 6.13. The fourth-order valence-corrected chi connectivity index (χ4v) is 1.34. The molecule has 0 aromatic carbocycles. The first-order chi connectivity index (χ1) is 8.61. The molecule has 5 heteroatoms. The Labute approximate surface area is 108 Å². The smallest absolute Gasteiger partial charge is 0.221 e. The Balaban J connectivity index is 2.26. The van der Waals surface area contributed by atoms with Crippen molar-refractivity contribution in [2.24, 2.45) is 5.92 Å². The van der Waals surface area contributed by atoms with Crippen LogP contribution < -0.4 is 15.4 Å². The van der Waals surface area contributed by atoms with Crippen LogP contribution in [-0.4, -0.2) is 31.1 Å². The van der Waals surface area contributed by atoms with Crippen LogP contribution in [0, 0.1) is 5.92 Å². The number of aromatic nitrogens is 1. The first kappa shape index (κ1) is 14.3. The number of amides is 1. The molecule has 1 amide bonds. The van der Waals surface area contributed by atoms with Crippen molar-refractivity contribution in [3.8, 4) is 5.88 Å². The second-order valence-electron chi connectivity index (χ2n) is 4.44. The molecule has 1 aromatic rings. The summed E-state index contributed by atoms with van der Waals surface area (Å²) in [5, 5.41) is 5.95. The number of hydrogen-bond donors (Lipinski definition) is 2. The summed E-state index contributed by atoms with van der Waals surface area (Å²) in [6.07, 6.45) is 0.436. The molecule has 0 aliphatic rings. The highest BCUT2D eigenvalue weighted by molar-refractivity contribution is 5.76. The lowest BCUT2D eigenvalue weighted by Gasteiger charge is -2.09. The monoisotopic (exact) mass is 251 g/mol. The summed E-state index contributed by atoms with van der Waals surface area (Å²) in [5.74, 6) is 1.80. The third-order valence-electron chi connectivity index (χ3n) is 2.30. The van der Waals surface area contributed by atoms with E-state index in [-0.39, 0.29) is 5.91 Å². The molecule has 0 unspecified atom stereocenters. The van der Waals surface area contributed by atoms with Crippen molar-refractivity contribution in [3.63, 3.8) is 0 Å². The highest BCUT2D eigenvalue weighted by Gasteiger charge is 2.02. The lowest BCUT2D eigenvalue weighted by molar-refractivity contribution is -0.120. The maximum atomic E-state index is 11.5. The highest BCUT2D eigenvalue weighted by atomic mass is 16.5. The lowest BCUT2D eigenvalue weighted by atomic mass is 10.2. The molecule has 100 valence electrons. The summed E-state index contributed by atoms with van der Waals surface area (Å²) in [4.78, 5) is 15.7. The zero-order valence-corrected chi connectivity index (χ0v) is 11.2. The number of carbonyl (C=O) groups is 1. The number of nitrogens with one attached hydrogen (secondary N) is 2. The molecule has 0 spiro atoms. The van der Waals surface area contributed by atoms with Gasteiger partial charge in [0.15, 0.2) is 0 Å². The number of nitrogens with zero attached hydrogens (tertiary/aromatic N) is 1. The molecule has 5 nitrogen and oxygen atoms in total. The maximum absolute atomic E-state index is 11.5. The topological polar surface area (TPSA) is 63.2 Å². The van der Waals surface area contributed by atoms with Crippen LogP contribution in [-0.2, 0) is 4.79 Å². The molecule has 0 aliphatic heterocycles. The van der Waals surface area contributed by atoms with E-state index < -0.39 is 0 Å².